The van der Waals surface area contributed by atoms with Crippen molar-refractivity contribution >= 4 is 11.9 Å². The van der Waals surface area contributed by atoms with E-state index in [9.17, 15) is 4.79 Å². The molecule has 162 valence electrons. The van der Waals surface area contributed by atoms with Gasteiger partial charge in [0.1, 0.15) is 5.82 Å². The van der Waals surface area contributed by atoms with E-state index in [1.165, 1.54) is 4.90 Å². The van der Waals surface area contributed by atoms with E-state index in [0.29, 0.717) is 36.3 Å². The fourth-order valence-corrected chi connectivity index (χ4v) is 3.84. The van der Waals surface area contributed by atoms with Crippen LogP contribution in [0.1, 0.15) is 18.9 Å². The van der Waals surface area contributed by atoms with Crippen LogP contribution in [0.15, 0.2) is 59.4 Å². The lowest BCUT2D eigenvalue weighted by Crippen LogP contribution is -2.38. The molecule has 0 unspecified atom stereocenters. The van der Waals surface area contributed by atoms with E-state index in [-0.39, 0.29) is 6.04 Å². The lowest BCUT2D eigenvalue weighted by molar-refractivity contribution is 0.124. The number of hydrogen-bond donors (Lipinski definition) is 2. The number of pyridine rings is 1. The van der Waals surface area contributed by atoms with Crippen molar-refractivity contribution in [2.24, 2.45) is 0 Å². The van der Waals surface area contributed by atoms with Crippen LogP contribution in [0, 0.1) is 0 Å². The molecule has 3 aromatic heterocycles. The van der Waals surface area contributed by atoms with Gasteiger partial charge in [0.2, 0.25) is 5.89 Å². The molecule has 0 saturated carbocycles. The summed E-state index contributed by atoms with van der Waals surface area (Å²) in [5.41, 5.74) is 9.17. The van der Waals surface area contributed by atoms with Gasteiger partial charge in [0.15, 0.2) is 0 Å². The number of benzene rings is 1. The van der Waals surface area contributed by atoms with Crippen LogP contribution in [0.25, 0.3) is 34.0 Å². The first-order valence-electron chi connectivity index (χ1n) is 10.3. The molecule has 0 bridgehead atoms. The normalized spacial score (nSPS) is 14.6. The van der Waals surface area contributed by atoms with Crippen molar-refractivity contribution in [3.63, 3.8) is 0 Å². The maximum absolute atomic E-state index is 11.1. The maximum Gasteiger partial charge on any atom is 0.407 e. The number of rotatable bonds is 4. The monoisotopic (exact) mass is 431 g/mol. The van der Waals surface area contributed by atoms with Crippen molar-refractivity contribution in [3.05, 3.63) is 55.0 Å². The minimum absolute atomic E-state index is 0.157. The lowest BCUT2D eigenvalue weighted by Gasteiger charge is -2.30. The van der Waals surface area contributed by atoms with Crippen molar-refractivity contribution in [3.8, 4) is 34.0 Å². The molecule has 1 aliphatic rings. The van der Waals surface area contributed by atoms with E-state index in [1.807, 2.05) is 47.3 Å². The average Bonchev–Trinajstić information content (AvgIpc) is 3.51. The summed E-state index contributed by atoms with van der Waals surface area (Å²) in [6.07, 6.45) is 5.97. The molecule has 5 rings (SSSR count). The predicted octanol–water partition coefficient (Wildman–Crippen LogP) is 3.56. The van der Waals surface area contributed by atoms with Crippen LogP contribution in [0.4, 0.5) is 10.6 Å². The summed E-state index contributed by atoms with van der Waals surface area (Å²) in [5, 5.41) is 21.9. The standard InChI is InChI=1S/C22H21N7O3/c23-19-18(21-27-26-20(32-21)14-4-2-1-3-5-14)10-15(11-24-19)16-12-25-29(13-16)17-6-8-28(9-7-17)22(30)31/h1-5,10-13,17H,6-9H2,(H2,23,24)(H,30,31). The third kappa shape index (κ3) is 3.78. The molecule has 1 amide bonds. The smallest absolute Gasteiger partial charge is 0.407 e. The van der Waals surface area contributed by atoms with Gasteiger partial charge in [-0.3, -0.25) is 4.68 Å². The van der Waals surface area contributed by atoms with E-state index < -0.39 is 6.09 Å². The SMILES string of the molecule is Nc1ncc(-c2cnn(C3CCN(C(=O)O)CC3)c2)cc1-c1nnc(-c2ccccc2)o1. The highest BCUT2D eigenvalue weighted by molar-refractivity contribution is 5.75. The molecule has 3 N–H and O–H groups in total. The quantitative estimate of drug-likeness (QED) is 0.500. The molecule has 0 aliphatic carbocycles. The number of nitrogens with zero attached hydrogens (tertiary/aromatic N) is 6. The van der Waals surface area contributed by atoms with Gasteiger partial charge in [0.05, 0.1) is 17.8 Å². The zero-order valence-electron chi connectivity index (χ0n) is 17.1. The summed E-state index contributed by atoms with van der Waals surface area (Å²) in [6, 6.07) is 11.5. The maximum atomic E-state index is 11.1. The Balaban J connectivity index is 1.38. The average molecular weight is 431 g/mol. The summed E-state index contributed by atoms with van der Waals surface area (Å²) < 4.78 is 7.74. The van der Waals surface area contributed by atoms with Crippen molar-refractivity contribution in [2.45, 2.75) is 18.9 Å². The first-order chi connectivity index (χ1) is 15.6. The number of hydrogen-bond acceptors (Lipinski definition) is 7. The summed E-state index contributed by atoms with van der Waals surface area (Å²) in [6.45, 7) is 1.01. The lowest BCUT2D eigenvalue weighted by atomic mass is 10.1. The highest BCUT2D eigenvalue weighted by atomic mass is 16.4. The van der Waals surface area contributed by atoms with Crippen LogP contribution in [-0.2, 0) is 0 Å². The van der Waals surface area contributed by atoms with E-state index in [1.54, 1.807) is 12.4 Å². The van der Waals surface area contributed by atoms with Crippen molar-refractivity contribution < 1.29 is 14.3 Å². The molecule has 32 heavy (non-hydrogen) atoms. The Morgan fingerprint density at radius 3 is 2.53 bits per heavy atom. The summed E-state index contributed by atoms with van der Waals surface area (Å²) in [4.78, 5) is 16.9. The van der Waals surface area contributed by atoms with Crippen molar-refractivity contribution in [2.75, 3.05) is 18.8 Å². The first kappa shape index (κ1) is 19.7. The minimum atomic E-state index is -0.874. The first-order valence-corrected chi connectivity index (χ1v) is 10.3. The number of amides is 1. The number of likely N-dealkylation sites (tertiary alicyclic amines) is 1. The fraction of sp³-hybridized carbons (Fsp3) is 0.227. The molecule has 4 aromatic rings. The Labute approximate surface area is 183 Å². The van der Waals surface area contributed by atoms with Gasteiger partial charge in [-0.15, -0.1) is 10.2 Å². The number of aromatic nitrogens is 5. The van der Waals surface area contributed by atoms with E-state index in [0.717, 1.165) is 29.5 Å². The van der Waals surface area contributed by atoms with Crippen molar-refractivity contribution in [1.29, 1.82) is 0 Å². The second kappa shape index (κ2) is 8.14. The van der Waals surface area contributed by atoms with E-state index >= 15 is 0 Å². The van der Waals surface area contributed by atoms with Gasteiger partial charge in [0, 0.05) is 42.2 Å². The predicted molar refractivity (Wildman–Crippen MR) is 116 cm³/mol. The van der Waals surface area contributed by atoms with Gasteiger partial charge in [-0.25, -0.2) is 9.78 Å². The molecule has 1 aromatic carbocycles. The molecular weight excluding hydrogens is 410 g/mol. The van der Waals surface area contributed by atoms with Crippen LogP contribution in [-0.4, -0.2) is 54.2 Å². The molecule has 0 spiro atoms. The van der Waals surface area contributed by atoms with E-state index in [4.69, 9.17) is 15.3 Å². The van der Waals surface area contributed by atoms with Gasteiger partial charge < -0.3 is 20.2 Å². The number of anilines is 1. The Kier molecular flexibility index (Phi) is 5.02. The van der Waals surface area contributed by atoms with Crippen LogP contribution >= 0.6 is 0 Å². The van der Waals surface area contributed by atoms with Crippen molar-refractivity contribution in [1.82, 2.24) is 29.9 Å². The van der Waals surface area contributed by atoms with Gasteiger partial charge in [-0.05, 0) is 31.0 Å². The zero-order valence-corrected chi connectivity index (χ0v) is 17.1. The Hall–Kier alpha value is -4.21. The second-order valence-corrected chi connectivity index (χ2v) is 7.65. The van der Waals surface area contributed by atoms with Crippen LogP contribution in [0.5, 0.6) is 0 Å². The molecule has 10 heteroatoms. The number of piperidine rings is 1. The molecule has 1 fully saturated rings. The van der Waals surface area contributed by atoms with Gasteiger partial charge >= 0.3 is 6.09 Å². The Bertz CT molecular complexity index is 1240. The molecule has 4 heterocycles. The molecule has 1 saturated heterocycles. The Morgan fingerprint density at radius 1 is 1.03 bits per heavy atom. The number of nitrogen functional groups attached to an aromatic ring is 1. The van der Waals surface area contributed by atoms with Gasteiger partial charge in [-0.2, -0.15) is 5.10 Å². The third-order valence-corrected chi connectivity index (χ3v) is 5.64. The molecule has 10 nitrogen and oxygen atoms in total. The summed E-state index contributed by atoms with van der Waals surface area (Å²) in [5.74, 6) is 1.00. The minimum Gasteiger partial charge on any atom is -0.465 e. The van der Waals surface area contributed by atoms with Crippen LogP contribution < -0.4 is 5.73 Å². The summed E-state index contributed by atoms with van der Waals surface area (Å²) in [7, 11) is 0. The molecular formula is C22H21N7O3. The number of nitrogens with two attached hydrogens (primary N) is 1. The summed E-state index contributed by atoms with van der Waals surface area (Å²) >= 11 is 0. The molecule has 0 atom stereocenters. The van der Waals surface area contributed by atoms with Gasteiger partial charge in [-0.1, -0.05) is 18.2 Å². The van der Waals surface area contributed by atoms with E-state index in [2.05, 4.69) is 20.3 Å². The topological polar surface area (TPSA) is 136 Å². The second-order valence-electron chi connectivity index (χ2n) is 7.65. The van der Waals surface area contributed by atoms with Crippen LogP contribution in [0.2, 0.25) is 0 Å². The zero-order chi connectivity index (χ0) is 22.1. The molecule has 0 radical (unpaired) electrons. The highest BCUT2D eigenvalue weighted by Gasteiger charge is 2.24. The third-order valence-electron chi connectivity index (χ3n) is 5.64. The van der Waals surface area contributed by atoms with Crippen LogP contribution in [0.3, 0.4) is 0 Å². The largest absolute Gasteiger partial charge is 0.465 e. The highest BCUT2D eigenvalue weighted by Crippen LogP contribution is 2.31. The fourth-order valence-electron chi connectivity index (χ4n) is 3.84. The number of carboxylic acid groups (broad SMARTS) is 1. The molecule has 1 aliphatic heterocycles. The number of carbonyl (C=O) groups is 1. The Morgan fingerprint density at radius 2 is 1.78 bits per heavy atom. The van der Waals surface area contributed by atoms with Gasteiger partial charge in [0.25, 0.3) is 5.89 Å².